The van der Waals surface area contributed by atoms with Gasteiger partial charge in [0.1, 0.15) is 6.04 Å². The number of benzene rings is 2. The van der Waals surface area contributed by atoms with E-state index in [1.54, 1.807) is 42.5 Å². The number of hydrogen-bond donors (Lipinski definition) is 2. The van der Waals surface area contributed by atoms with E-state index in [0.29, 0.717) is 16.7 Å². The van der Waals surface area contributed by atoms with Crippen LogP contribution in [0.2, 0.25) is 0 Å². The minimum absolute atomic E-state index is 0.0377. The summed E-state index contributed by atoms with van der Waals surface area (Å²) in [6, 6.07) is 11.4. The smallest absolute Gasteiger partial charge is 0.389 e. The van der Waals surface area contributed by atoms with Crippen LogP contribution >= 0.6 is 0 Å². The van der Waals surface area contributed by atoms with Gasteiger partial charge in [-0.3, -0.25) is 0 Å². The second-order valence-electron chi connectivity index (χ2n) is 5.80. The third-order valence-electron chi connectivity index (χ3n) is 3.85. The molecule has 0 heterocycles. The normalized spacial score (nSPS) is 12.4. The van der Waals surface area contributed by atoms with Crippen molar-refractivity contribution in [2.24, 2.45) is 5.73 Å². The van der Waals surface area contributed by atoms with Crippen molar-refractivity contribution < 1.29 is 32.6 Å². The van der Waals surface area contributed by atoms with Crippen LogP contribution in [0.15, 0.2) is 48.5 Å². The lowest BCUT2D eigenvalue weighted by Crippen LogP contribution is -2.25. The third kappa shape index (κ3) is 5.55. The maximum atomic E-state index is 12.1. The minimum atomic E-state index is -4.32. The number of aromatic carboxylic acids is 1. The van der Waals surface area contributed by atoms with Gasteiger partial charge in [0, 0.05) is 6.42 Å². The SMILES string of the molecule is NC(C(=O)OCCCC(F)(F)F)c1ccccc1-c1ccccc1C(=O)O. The van der Waals surface area contributed by atoms with Crippen LogP contribution in [0.3, 0.4) is 0 Å². The largest absolute Gasteiger partial charge is 0.478 e. The van der Waals surface area contributed by atoms with E-state index >= 15 is 0 Å². The number of carbonyl (C=O) groups excluding carboxylic acids is 1. The Morgan fingerprint density at radius 2 is 1.63 bits per heavy atom. The Morgan fingerprint density at radius 1 is 1.04 bits per heavy atom. The van der Waals surface area contributed by atoms with Crippen molar-refractivity contribution in [1.29, 1.82) is 0 Å². The molecule has 5 nitrogen and oxygen atoms in total. The van der Waals surface area contributed by atoms with Crippen molar-refractivity contribution in [3.05, 3.63) is 59.7 Å². The van der Waals surface area contributed by atoms with Crippen molar-refractivity contribution in [3.63, 3.8) is 0 Å². The molecule has 0 fully saturated rings. The molecule has 0 aromatic heterocycles. The first-order valence-electron chi connectivity index (χ1n) is 8.11. The van der Waals surface area contributed by atoms with E-state index in [1.807, 2.05) is 0 Å². The fraction of sp³-hybridized carbons (Fsp3) is 0.263. The predicted molar refractivity (Wildman–Crippen MR) is 92.0 cm³/mol. The number of nitrogens with two attached hydrogens (primary N) is 1. The number of carboxylic acid groups (broad SMARTS) is 1. The second kappa shape index (κ2) is 8.68. The first-order chi connectivity index (χ1) is 12.7. The third-order valence-corrected chi connectivity index (χ3v) is 3.85. The molecular formula is C19H18F3NO4. The average Bonchev–Trinajstić information content (AvgIpc) is 2.63. The summed E-state index contributed by atoms with van der Waals surface area (Å²) in [7, 11) is 0. The number of halogens is 3. The van der Waals surface area contributed by atoms with Crippen LogP contribution in [-0.2, 0) is 9.53 Å². The van der Waals surface area contributed by atoms with E-state index < -0.39 is 37.2 Å². The summed E-state index contributed by atoms with van der Waals surface area (Å²) in [5.41, 5.74) is 7.11. The number of hydrogen-bond acceptors (Lipinski definition) is 4. The monoisotopic (exact) mass is 381 g/mol. The lowest BCUT2D eigenvalue weighted by Gasteiger charge is -2.17. The maximum absolute atomic E-state index is 12.1. The van der Waals surface area contributed by atoms with Crippen LogP contribution in [0.5, 0.6) is 0 Å². The fourth-order valence-corrected chi connectivity index (χ4v) is 2.58. The molecule has 0 saturated heterocycles. The van der Waals surface area contributed by atoms with Crippen LogP contribution in [0.25, 0.3) is 11.1 Å². The molecule has 2 aromatic carbocycles. The van der Waals surface area contributed by atoms with E-state index in [4.69, 9.17) is 10.5 Å². The van der Waals surface area contributed by atoms with Gasteiger partial charge in [0.25, 0.3) is 0 Å². The summed E-state index contributed by atoms with van der Waals surface area (Å²) in [5, 5.41) is 9.36. The lowest BCUT2D eigenvalue weighted by atomic mass is 9.92. The number of carboxylic acids is 1. The second-order valence-corrected chi connectivity index (χ2v) is 5.80. The Balaban J connectivity index is 2.20. The van der Waals surface area contributed by atoms with Crippen molar-refractivity contribution in [3.8, 4) is 11.1 Å². The minimum Gasteiger partial charge on any atom is -0.478 e. The molecule has 2 rings (SSSR count). The summed E-state index contributed by atoms with van der Waals surface area (Å²) in [6.45, 7) is -0.403. The molecule has 0 spiro atoms. The van der Waals surface area contributed by atoms with Crippen LogP contribution in [-0.4, -0.2) is 29.8 Å². The Morgan fingerprint density at radius 3 is 2.26 bits per heavy atom. The Hall–Kier alpha value is -2.87. The highest BCUT2D eigenvalue weighted by molar-refractivity contribution is 5.97. The van der Waals surface area contributed by atoms with E-state index in [-0.39, 0.29) is 12.0 Å². The number of esters is 1. The predicted octanol–water partition coefficient (Wildman–Crippen LogP) is 3.94. The average molecular weight is 381 g/mol. The van der Waals surface area contributed by atoms with E-state index in [1.165, 1.54) is 6.07 Å². The number of ether oxygens (including phenoxy) is 1. The molecular weight excluding hydrogens is 363 g/mol. The first-order valence-corrected chi connectivity index (χ1v) is 8.11. The summed E-state index contributed by atoms with van der Waals surface area (Å²) in [5.74, 6) is -2.01. The molecule has 3 N–H and O–H groups in total. The van der Waals surface area contributed by atoms with Gasteiger partial charge in [-0.05, 0) is 29.2 Å². The maximum Gasteiger partial charge on any atom is 0.389 e. The standard InChI is InChI=1S/C19H18F3NO4/c20-19(21,22)10-5-11-27-18(26)16(23)14-8-3-1-6-12(14)13-7-2-4-9-15(13)17(24)25/h1-4,6-9,16H,5,10-11,23H2,(H,24,25). The van der Waals surface area contributed by atoms with Gasteiger partial charge in [0.15, 0.2) is 0 Å². The fourth-order valence-electron chi connectivity index (χ4n) is 2.58. The van der Waals surface area contributed by atoms with Gasteiger partial charge in [-0.25, -0.2) is 9.59 Å². The summed E-state index contributed by atoms with van der Waals surface area (Å²) in [4.78, 5) is 23.6. The quantitative estimate of drug-likeness (QED) is 0.560. The van der Waals surface area contributed by atoms with Crippen molar-refractivity contribution in [1.82, 2.24) is 0 Å². The topological polar surface area (TPSA) is 89.6 Å². The summed E-state index contributed by atoms with van der Waals surface area (Å²) >= 11 is 0. The molecule has 0 radical (unpaired) electrons. The summed E-state index contributed by atoms with van der Waals surface area (Å²) in [6.07, 6.45) is -5.73. The Kier molecular flexibility index (Phi) is 6.57. The number of alkyl halides is 3. The van der Waals surface area contributed by atoms with Crippen molar-refractivity contribution >= 4 is 11.9 Å². The van der Waals surface area contributed by atoms with Crippen LogP contribution in [0.1, 0.15) is 34.8 Å². The van der Waals surface area contributed by atoms with Crippen LogP contribution in [0, 0.1) is 0 Å². The van der Waals surface area contributed by atoms with Gasteiger partial charge < -0.3 is 15.6 Å². The number of carbonyl (C=O) groups is 2. The molecule has 0 aliphatic rings. The molecule has 0 amide bonds. The highest BCUT2D eigenvalue weighted by Gasteiger charge is 2.27. The molecule has 144 valence electrons. The lowest BCUT2D eigenvalue weighted by molar-refractivity contribution is -0.151. The molecule has 27 heavy (non-hydrogen) atoms. The van der Waals surface area contributed by atoms with Crippen molar-refractivity contribution in [2.75, 3.05) is 6.61 Å². The first kappa shape index (κ1) is 20.4. The molecule has 0 aliphatic heterocycles. The zero-order valence-electron chi connectivity index (χ0n) is 14.2. The highest BCUT2D eigenvalue weighted by atomic mass is 19.4. The molecule has 0 saturated carbocycles. The van der Waals surface area contributed by atoms with E-state index in [0.717, 1.165) is 0 Å². The Labute approximate surface area is 153 Å². The van der Waals surface area contributed by atoms with Gasteiger partial charge in [-0.1, -0.05) is 42.5 Å². The van der Waals surface area contributed by atoms with Crippen molar-refractivity contribution in [2.45, 2.75) is 25.1 Å². The van der Waals surface area contributed by atoms with Crippen LogP contribution in [0.4, 0.5) is 13.2 Å². The summed E-state index contributed by atoms with van der Waals surface area (Å²) < 4.78 is 41.2. The molecule has 0 aliphatic carbocycles. The molecule has 8 heteroatoms. The molecule has 1 unspecified atom stereocenters. The van der Waals surface area contributed by atoms with E-state index in [9.17, 15) is 27.9 Å². The van der Waals surface area contributed by atoms with Gasteiger partial charge in [-0.2, -0.15) is 13.2 Å². The molecule has 1 atom stereocenters. The molecule has 2 aromatic rings. The van der Waals surface area contributed by atoms with Gasteiger partial charge in [-0.15, -0.1) is 0 Å². The Bertz CT molecular complexity index is 821. The van der Waals surface area contributed by atoms with Crippen LogP contribution < -0.4 is 5.73 Å². The van der Waals surface area contributed by atoms with Gasteiger partial charge >= 0.3 is 18.1 Å². The zero-order chi connectivity index (χ0) is 20.0. The number of rotatable bonds is 7. The van der Waals surface area contributed by atoms with Gasteiger partial charge in [0.2, 0.25) is 0 Å². The van der Waals surface area contributed by atoms with Gasteiger partial charge in [0.05, 0.1) is 12.2 Å². The molecule has 0 bridgehead atoms. The van der Waals surface area contributed by atoms with E-state index in [2.05, 4.69) is 0 Å². The zero-order valence-corrected chi connectivity index (χ0v) is 14.2. The highest BCUT2D eigenvalue weighted by Crippen LogP contribution is 2.30.